The molecule has 0 saturated carbocycles. The van der Waals surface area contributed by atoms with E-state index in [9.17, 15) is 14.4 Å². The number of rotatable bonds is 7. The number of hydrogen-bond donors (Lipinski definition) is 2. The van der Waals surface area contributed by atoms with Crippen LogP contribution in [0.1, 0.15) is 33.0 Å². The molecule has 0 bridgehead atoms. The van der Waals surface area contributed by atoms with Crippen molar-refractivity contribution in [2.24, 2.45) is 0 Å². The Balaban J connectivity index is 1.79. The predicted molar refractivity (Wildman–Crippen MR) is 102 cm³/mol. The maximum atomic E-state index is 12.7. The number of ether oxygens (including phenoxy) is 1. The van der Waals surface area contributed by atoms with Gasteiger partial charge in [0.15, 0.2) is 12.4 Å². The zero-order chi connectivity index (χ0) is 20.3. The van der Waals surface area contributed by atoms with Crippen molar-refractivity contribution in [3.63, 3.8) is 0 Å². The fourth-order valence-electron chi connectivity index (χ4n) is 2.83. The van der Waals surface area contributed by atoms with E-state index in [1.165, 1.54) is 11.8 Å². The summed E-state index contributed by atoms with van der Waals surface area (Å²) in [6, 6.07) is 5.39. The van der Waals surface area contributed by atoms with Gasteiger partial charge in [-0.25, -0.2) is 4.79 Å². The van der Waals surface area contributed by atoms with Gasteiger partial charge in [0.05, 0.1) is 11.1 Å². The Labute approximate surface area is 164 Å². The molecule has 1 aliphatic heterocycles. The van der Waals surface area contributed by atoms with Crippen molar-refractivity contribution < 1.29 is 19.1 Å². The summed E-state index contributed by atoms with van der Waals surface area (Å²) >= 11 is 1.49. The molecule has 2 amide bonds. The van der Waals surface area contributed by atoms with Crippen LogP contribution >= 0.6 is 11.8 Å². The molecule has 3 rings (SSSR count). The number of imide groups is 1. The minimum absolute atomic E-state index is 0.0735. The number of fused-ring (bicyclic) bond motifs is 1. The molecule has 0 aliphatic carbocycles. The molecule has 146 valence electrons. The van der Waals surface area contributed by atoms with E-state index in [0.29, 0.717) is 5.75 Å². The summed E-state index contributed by atoms with van der Waals surface area (Å²) in [5, 5.41) is 0. The van der Waals surface area contributed by atoms with E-state index in [1.807, 2.05) is 6.26 Å². The van der Waals surface area contributed by atoms with E-state index < -0.39 is 23.8 Å². The molecular weight excluding hydrogens is 384 g/mol. The second kappa shape index (κ2) is 8.21. The van der Waals surface area contributed by atoms with Crippen LogP contribution in [0.5, 0.6) is 0 Å². The van der Waals surface area contributed by atoms with Gasteiger partial charge < -0.3 is 16.2 Å². The van der Waals surface area contributed by atoms with Gasteiger partial charge in [0.2, 0.25) is 11.9 Å². The lowest BCUT2D eigenvalue weighted by molar-refractivity contribution is -0.150. The molecule has 28 heavy (non-hydrogen) atoms. The zero-order valence-electron chi connectivity index (χ0n) is 15.0. The first kappa shape index (κ1) is 19.5. The third-order valence-corrected chi connectivity index (χ3v) is 4.71. The first-order valence-corrected chi connectivity index (χ1v) is 9.70. The molecule has 1 unspecified atom stereocenters. The molecule has 2 heterocycles. The molecule has 0 radical (unpaired) electrons. The van der Waals surface area contributed by atoms with Gasteiger partial charge in [0, 0.05) is 0 Å². The lowest BCUT2D eigenvalue weighted by Crippen LogP contribution is -2.46. The van der Waals surface area contributed by atoms with E-state index >= 15 is 0 Å². The number of carbonyl (C=O) groups is 3. The van der Waals surface area contributed by atoms with Gasteiger partial charge in [-0.2, -0.15) is 26.7 Å². The van der Waals surface area contributed by atoms with Gasteiger partial charge >= 0.3 is 5.97 Å². The Bertz CT molecular complexity index is 882. The van der Waals surface area contributed by atoms with Crippen molar-refractivity contribution in [3.05, 3.63) is 41.2 Å². The van der Waals surface area contributed by atoms with Crippen LogP contribution in [0.25, 0.3) is 0 Å². The van der Waals surface area contributed by atoms with Gasteiger partial charge in [-0.1, -0.05) is 12.1 Å². The van der Waals surface area contributed by atoms with Crippen LogP contribution in [-0.4, -0.2) is 55.7 Å². The van der Waals surface area contributed by atoms with Crippen LogP contribution in [0.3, 0.4) is 0 Å². The first-order valence-electron chi connectivity index (χ1n) is 8.30. The Morgan fingerprint density at radius 3 is 2.21 bits per heavy atom. The molecular formula is C17H18N6O4S. The fraction of sp³-hybridized carbons (Fsp3) is 0.294. The van der Waals surface area contributed by atoms with Gasteiger partial charge in [-0.3, -0.25) is 14.5 Å². The highest BCUT2D eigenvalue weighted by atomic mass is 32.2. The Kier molecular flexibility index (Phi) is 5.73. The fourth-order valence-corrected chi connectivity index (χ4v) is 3.28. The van der Waals surface area contributed by atoms with Gasteiger partial charge in [0.25, 0.3) is 11.8 Å². The Morgan fingerprint density at radius 1 is 1.11 bits per heavy atom. The summed E-state index contributed by atoms with van der Waals surface area (Å²) in [4.78, 5) is 50.4. The number of aromatic nitrogens is 3. The first-order chi connectivity index (χ1) is 13.4. The monoisotopic (exact) mass is 402 g/mol. The van der Waals surface area contributed by atoms with Crippen LogP contribution in [0, 0.1) is 0 Å². The molecule has 0 saturated heterocycles. The molecule has 1 atom stereocenters. The smallest absolute Gasteiger partial charge is 0.329 e. The summed E-state index contributed by atoms with van der Waals surface area (Å²) in [6.45, 7) is -0.311. The Hall–Kier alpha value is -3.21. The number of nitrogens with two attached hydrogens (primary N) is 2. The van der Waals surface area contributed by atoms with E-state index in [1.54, 1.807) is 24.3 Å². The van der Waals surface area contributed by atoms with Crippen LogP contribution in [0.4, 0.5) is 11.9 Å². The summed E-state index contributed by atoms with van der Waals surface area (Å²) in [5.74, 6) is -1.34. The minimum atomic E-state index is -1.06. The quantitative estimate of drug-likeness (QED) is 0.494. The van der Waals surface area contributed by atoms with Crippen LogP contribution in [-0.2, 0) is 16.1 Å². The molecule has 0 fully saturated rings. The number of nitrogens with zero attached hydrogens (tertiary/aromatic N) is 4. The highest BCUT2D eigenvalue weighted by Gasteiger charge is 2.43. The molecule has 1 aromatic carbocycles. The number of hydrogen-bond acceptors (Lipinski definition) is 10. The zero-order valence-corrected chi connectivity index (χ0v) is 15.8. The van der Waals surface area contributed by atoms with Crippen molar-refractivity contribution in [2.45, 2.75) is 19.1 Å². The van der Waals surface area contributed by atoms with Gasteiger partial charge in [-0.05, 0) is 30.6 Å². The number of carbonyl (C=O) groups excluding carboxylic acids is 3. The lowest BCUT2D eigenvalue weighted by atomic mass is 10.1. The molecule has 0 spiro atoms. The van der Waals surface area contributed by atoms with E-state index in [0.717, 1.165) is 4.90 Å². The third-order valence-electron chi connectivity index (χ3n) is 4.06. The van der Waals surface area contributed by atoms with E-state index in [4.69, 9.17) is 16.2 Å². The number of thioether (sulfide) groups is 1. The van der Waals surface area contributed by atoms with Crippen molar-refractivity contribution in [1.29, 1.82) is 0 Å². The topological polar surface area (TPSA) is 154 Å². The molecule has 2 aromatic rings. The highest BCUT2D eigenvalue weighted by molar-refractivity contribution is 7.98. The summed E-state index contributed by atoms with van der Waals surface area (Å²) in [7, 11) is 0. The van der Waals surface area contributed by atoms with Gasteiger partial charge in [0.1, 0.15) is 6.04 Å². The molecule has 10 nitrogen and oxygen atoms in total. The summed E-state index contributed by atoms with van der Waals surface area (Å²) < 4.78 is 5.25. The molecule has 1 aromatic heterocycles. The molecule has 4 N–H and O–H groups in total. The number of nitrogen functional groups attached to an aromatic ring is 2. The van der Waals surface area contributed by atoms with Crippen molar-refractivity contribution in [1.82, 2.24) is 19.9 Å². The van der Waals surface area contributed by atoms with Gasteiger partial charge in [-0.15, -0.1) is 0 Å². The summed E-state index contributed by atoms with van der Waals surface area (Å²) in [5.41, 5.74) is 11.5. The van der Waals surface area contributed by atoms with E-state index in [-0.39, 0.29) is 41.9 Å². The second-order valence-electron chi connectivity index (χ2n) is 5.90. The number of esters is 1. The minimum Gasteiger partial charge on any atom is -0.456 e. The third kappa shape index (κ3) is 3.88. The standard InChI is InChI=1S/C17H18N6O4S/c1-28-7-6-11(15(26)27-8-12-20-16(18)22-17(19)21-12)23-13(24)9-4-2-3-5-10(9)14(23)25/h2-5,11H,6-8H2,1H3,(H4,18,19,20,21,22). The summed E-state index contributed by atoms with van der Waals surface area (Å²) in [6.07, 6.45) is 2.12. The molecule has 1 aliphatic rings. The van der Waals surface area contributed by atoms with Crippen LogP contribution in [0.15, 0.2) is 24.3 Å². The normalized spacial score (nSPS) is 14.1. The number of amides is 2. The maximum Gasteiger partial charge on any atom is 0.329 e. The largest absolute Gasteiger partial charge is 0.456 e. The highest BCUT2D eigenvalue weighted by Crippen LogP contribution is 2.26. The predicted octanol–water partition coefficient (Wildman–Crippen LogP) is 0.497. The SMILES string of the molecule is CSCCC(C(=O)OCc1nc(N)nc(N)n1)N1C(=O)c2ccccc2C1=O. The second-order valence-corrected chi connectivity index (χ2v) is 6.88. The van der Waals surface area contributed by atoms with Crippen molar-refractivity contribution in [2.75, 3.05) is 23.5 Å². The average molecular weight is 402 g/mol. The van der Waals surface area contributed by atoms with Crippen molar-refractivity contribution >= 4 is 41.4 Å². The lowest BCUT2D eigenvalue weighted by Gasteiger charge is -2.24. The Morgan fingerprint density at radius 2 is 1.68 bits per heavy atom. The van der Waals surface area contributed by atoms with Crippen LogP contribution in [0.2, 0.25) is 0 Å². The van der Waals surface area contributed by atoms with Crippen LogP contribution < -0.4 is 11.5 Å². The maximum absolute atomic E-state index is 12.7. The average Bonchev–Trinajstić information content (AvgIpc) is 2.91. The van der Waals surface area contributed by atoms with E-state index in [2.05, 4.69) is 15.0 Å². The number of benzene rings is 1. The van der Waals surface area contributed by atoms with Crippen molar-refractivity contribution in [3.8, 4) is 0 Å². The number of anilines is 2. The molecule has 11 heteroatoms.